The number of aliphatic hydroxyl groups is 1. The van der Waals surface area contributed by atoms with E-state index in [2.05, 4.69) is 0 Å². The number of carbonyl (C=O) groups excluding carboxylic acids is 3. The van der Waals surface area contributed by atoms with Crippen molar-refractivity contribution < 1.29 is 48.7 Å². The van der Waals surface area contributed by atoms with Crippen LogP contribution in [0.1, 0.15) is 40.9 Å². The minimum absolute atomic E-state index is 0.0599. The zero-order valence-corrected chi connectivity index (χ0v) is 21.6. The number of phenolic OH excluding ortho intramolecular Hbond substituents is 2. The van der Waals surface area contributed by atoms with Gasteiger partial charge < -0.3 is 34.3 Å². The van der Waals surface area contributed by atoms with Crippen molar-refractivity contribution in [3.05, 3.63) is 63.6 Å². The number of ketones is 3. The normalized spacial score (nSPS) is 18.1. The zero-order chi connectivity index (χ0) is 28.1. The zero-order valence-electron chi connectivity index (χ0n) is 21.6. The van der Waals surface area contributed by atoms with Crippen molar-refractivity contribution in [1.82, 2.24) is 0 Å². The molecule has 3 N–H and O–H groups in total. The molecule has 1 aliphatic heterocycles. The second kappa shape index (κ2) is 9.29. The van der Waals surface area contributed by atoms with Crippen LogP contribution in [0.5, 0.6) is 34.5 Å². The van der Waals surface area contributed by atoms with Crippen LogP contribution in [0.25, 0.3) is 6.08 Å². The molecule has 38 heavy (non-hydrogen) atoms. The van der Waals surface area contributed by atoms with Crippen LogP contribution in [-0.4, -0.2) is 54.0 Å². The third-order valence-corrected chi connectivity index (χ3v) is 6.76. The lowest BCUT2D eigenvalue weighted by atomic mass is 9.71. The van der Waals surface area contributed by atoms with Crippen LogP contribution in [-0.2, 0) is 15.0 Å². The van der Waals surface area contributed by atoms with Gasteiger partial charge in [-0.05, 0) is 44.5 Å². The van der Waals surface area contributed by atoms with Gasteiger partial charge in [-0.3, -0.25) is 14.4 Å². The van der Waals surface area contributed by atoms with E-state index in [9.17, 15) is 29.7 Å². The van der Waals surface area contributed by atoms with Gasteiger partial charge in [0.05, 0.1) is 26.9 Å². The van der Waals surface area contributed by atoms with Crippen LogP contribution < -0.4 is 18.9 Å². The highest BCUT2D eigenvalue weighted by molar-refractivity contribution is 6.26. The molecule has 2 aliphatic rings. The van der Waals surface area contributed by atoms with E-state index in [1.165, 1.54) is 47.3 Å². The Labute approximate surface area is 218 Å². The minimum Gasteiger partial charge on any atom is -0.507 e. The van der Waals surface area contributed by atoms with E-state index < -0.39 is 45.6 Å². The Hall–Kier alpha value is -4.73. The SMILES string of the molecule is COc1cc(/C=C/C(=O)c2c(O)c(C)c(O)c3c2OC2=CC(O)=C(C(C)=O)C(=O)[C@]23C)cc(OC)c1OC. The summed E-state index contributed by atoms with van der Waals surface area (Å²) in [5.74, 6) is -3.01. The summed E-state index contributed by atoms with van der Waals surface area (Å²) >= 11 is 0. The van der Waals surface area contributed by atoms with Gasteiger partial charge in [-0.15, -0.1) is 0 Å². The molecule has 198 valence electrons. The number of phenols is 2. The third-order valence-electron chi connectivity index (χ3n) is 6.76. The summed E-state index contributed by atoms with van der Waals surface area (Å²) in [6, 6.07) is 3.23. The van der Waals surface area contributed by atoms with Gasteiger partial charge in [-0.25, -0.2) is 0 Å². The van der Waals surface area contributed by atoms with Gasteiger partial charge in [-0.1, -0.05) is 6.08 Å². The number of allylic oxidation sites excluding steroid dienone is 4. The minimum atomic E-state index is -1.71. The fraction of sp³-hybridized carbons (Fsp3) is 0.250. The van der Waals surface area contributed by atoms with Crippen molar-refractivity contribution in [3.63, 3.8) is 0 Å². The van der Waals surface area contributed by atoms with E-state index in [0.29, 0.717) is 22.8 Å². The Kier molecular flexibility index (Phi) is 6.44. The quantitative estimate of drug-likeness (QED) is 0.278. The molecule has 10 nitrogen and oxygen atoms in total. The van der Waals surface area contributed by atoms with Crippen molar-refractivity contribution >= 4 is 23.4 Å². The molecule has 1 atom stereocenters. The number of ether oxygens (including phenoxy) is 4. The summed E-state index contributed by atoms with van der Waals surface area (Å²) < 4.78 is 21.8. The Morgan fingerprint density at radius 2 is 1.61 bits per heavy atom. The van der Waals surface area contributed by atoms with Crippen molar-refractivity contribution in [1.29, 1.82) is 0 Å². The first-order chi connectivity index (χ1) is 17.9. The van der Waals surface area contributed by atoms with Gasteiger partial charge in [-0.2, -0.15) is 0 Å². The van der Waals surface area contributed by atoms with Crippen LogP contribution in [0.15, 0.2) is 41.4 Å². The van der Waals surface area contributed by atoms with E-state index in [1.54, 1.807) is 12.1 Å². The first kappa shape index (κ1) is 26.3. The number of methoxy groups -OCH3 is 3. The Balaban J connectivity index is 1.85. The topological polar surface area (TPSA) is 149 Å². The van der Waals surface area contributed by atoms with Gasteiger partial charge in [0.1, 0.15) is 45.3 Å². The molecule has 2 aromatic carbocycles. The number of benzene rings is 2. The molecule has 0 bridgehead atoms. The molecule has 0 saturated heterocycles. The number of rotatable bonds is 7. The average Bonchev–Trinajstić information content (AvgIpc) is 3.17. The van der Waals surface area contributed by atoms with Crippen molar-refractivity contribution in [3.8, 4) is 34.5 Å². The van der Waals surface area contributed by atoms with Crippen molar-refractivity contribution in [2.75, 3.05) is 21.3 Å². The average molecular weight is 523 g/mol. The molecule has 10 heteroatoms. The molecule has 2 aromatic rings. The summed E-state index contributed by atoms with van der Waals surface area (Å²) in [6.07, 6.45) is 3.73. The van der Waals surface area contributed by atoms with Crippen LogP contribution >= 0.6 is 0 Å². The summed E-state index contributed by atoms with van der Waals surface area (Å²) in [4.78, 5) is 38.9. The van der Waals surface area contributed by atoms with E-state index in [0.717, 1.165) is 13.0 Å². The van der Waals surface area contributed by atoms with Crippen LogP contribution in [0.3, 0.4) is 0 Å². The van der Waals surface area contributed by atoms with Crippen molar-refractivity contribution in [2.24, 2.45) is 0 Å². The number of fused-ring (bicyclic) bond motifs is 3. The second-order valence-electron chi connectivity index (χ2n) is 8.94. The third kappa shape index (κ3) is 3.68. The molecule has 0 fully saturated rings. The van der Waals surface area contributed by atoms with Crippen molar-refractivity contribution in [2.45, 2.75) is 26.2 Å². The summed E-state index contributed by atoms with van der Waals surface area (Å²) in [5.41, 5.74) is -2.09. The monoisotopic (exact) mass is 522 g/mol. The number of Topliss-reactive ketones (excluding diaryl/α,β-unsaturated/α-hetero) is 2. The van der Waals surface area contributed by atoms with Gasteiger partial charge >= 0.3 is 0 Å². The fourth-order valence-corrected chi connectivity index (χ4v) is 4.71. The molecular formula is C28H26O10. The summed E-state index contributed by atoms with van der Waals surface area (Å²) in [5, 5.41) is 32.1. The maximum absolute atomic E-state index is 13.4. The van der Waals surface area contributed by atoms with E-state index in [1.807, 2.05) is 0 Å². The highest BCUT2D eigenvalue weighted by Crippen LogP contribution is 2.57. The first-order valence-electron chi connectivity index (χ1n) is 11.4. The number of hydrogen-bond donors (Lipinski definition) is 3. The molecule has 1 aliphatic carbocycles. The maximum Gasteiger partial charge on any atom is 0.203 e. The Morgan fingerprint density at radius 3 is 2.13 bits per heavy atom. The van der Waals surface area contributed by atoms with Gasteiger partial charge in [0.2, 0.25) is 5.75 Å². The number of carbonyl (C=O) groups is 3. The van der Waals surface area contributed by atoms with Gasteiger partial charge in [0.15, 0.2) is 28.8 Å². The molecule has 1 heterocycles. The lowest BCUT2D eigenvalue weighted by Gasteiger charge is -2.28. The standard InChI is InChI=1S/C28H26O10/c1-12-23(32)21(15(30)8-7-14-9-17(35-4)25(37-6)18(10-14)36-5)26-22(24(12)33)28(3)19(38-26)11-16(31)20(13(2)29)27(28)34/h7-11,31-33H,1-6H3/b8-7+/t28-/m1/s1. The lowest BCUT2D eigenvalue weighted by Crippen LogP contribution is -2.38. The second-order valence-corrected chi connectivity index (χ2v) is 8.94. The molecule has 0 radical (unpaired) electrons. The number of aromatic hydroxyl groups is 2. The van der Waals surface area contributed by atoms with Crippen LogP contribution in [0.2, 0.25) is 0 Å². The molecule has 4 rings (SSSR count). The molecule has 0 unspecified atom stereocenters. The highest BCUT2D eigenvalue weighted by Gasteiger charge is 2.55. The summed E-state index contributed by atoms with van der Waals surface area (Å²) in [6.45, 7) is 3.92. The predicted molar refractivity (Wildman–Crippen MR) is 135 cm³/mol. The summed E-state index contributed by atoms with van der Waals surface area (Å²) in [7, 11) is 4.37. The van der Waals surface area contributed by atoms with Gasteiger partial charge in [0.25, 0.3) is 0 Å². The first-order valence-corrected chi connectivity index (χ1v) is 11.4. The van der Waals surface area contributed by atoms with E-state index in [4.69, 9.17) is 18.9 Å². The maximum atomic E-state index is 13.4. The number of aliphatic hydroxyl groups excluding tert-OH is 1. The Morgan fingerprint density at radius 1 is 1.00 bits per heavy atom. The highest BCUT2D eigenvalue weighted by atomic mass is 16.5. The largest absolute Gasteiger partial charge is 0.507 e. The Bertz CT molecular complexity index is 1480. The van der Waals surface area contributed by atoms with Crippen LogP contribution in [0, 0.1) is 6.92 Å². The van der Waals surface area contributed by atoms with Gasteiger partial charge in [0, 0.05) is 11.6 Å². The number of hydrogen-bond acceptors (Lipinski definition) is 10. The van der Waals surface area contributed by atoms with Crippen LogP contribution in [0.4, 0.5) is 0 Å². The predicted octanol–water partition coefficient (Wildman–Crippen LogP) is 3.85. The molecular weight excluding hydrogens is 496 g/mol. The fourth-order valence-electron chi connectivity index (χ4n) is 4.71. The van der Waals surface area contributed by atoms with E-state index >= 15 is 0 Å². The lowest BCUT2D eigenvalue weighted by molar-refractivity contribution is -0.123. The smallest absolute Gasteiger partial charge is 0.203 e. The van der Waals surface area contributed by atoms with E-state index in [-0.39, 0.29) is 28.2 Å². The molecule has 0 aromatic heterocycles. The molecule has 0 amide bonds. The molecule has 0 saturated carbocycles. The molecule has 0 spiro atoms.